The van der Waals surface area contributed by atoms with Crippen LogP contribution in [0.5, 0.6) is 0 Å². The number of nitrogens with zero attached hydrogens (tertiary/aromatic N) is 3. The summed E-state index contributed by atoms with van der Waals surface area (Å²) in [6.07, 6.45) is 7.07. The Morgan fingerprint density at radius 3 is 2.41 bits per heavy atom. The number of aromatic nitrogens is 3. The molecule has 0 aliphatic carbocycles. The smallest absolute Gasteiger partial charge is 0.224 e. The summed E-state index contributed by atoms with van der Waals surface area (Å²) in [4.78, 5) is 16.3. The first-order valence-corrected chi connectivity index (χ1v) is 9.48. The Kier molecular flexibility index (Phi) is 6.36. The monoisotopic (exact) mass is 362 g/mol. The van der Waals surface area contributed by atoms with E-state index in [1.165, 1.54) is 24.7 Å². The van der Waals surface area contributed by atoms with Crippen LogP contribution in [0.25, 0.3) is 5.69 Å². The molecule has 3 rings (SSSR count). The molecule has 5 nitrogen and oxygen atoms in total. The highest BCUT2D eigenvalue weighted by Gasteiger charge is 2.10. The predicted octanol–water partition coefficient (Wildman–Crippen LogP) is 4.03. The number of nitrogens with one attached hydrogen (secondary N) is 1. The third-order valence-electron chi connectivity index (χ3n) is 4.66. The molecule has 140 valence electrons. The van der Waals surface area contributed by atoms with Crippen molar-refractivity contribution in [1.82, 2.24) is 20.1 Å². The minimum absolute atomic E-state index is 0.0316. The number of hydrogen-bond acceptors (Lipinski definition) is 3. The fourth-order valence-electron chi connectivity index (χ4n) is 3.02. The lowest BCUT2D eigenvalue weighted by molar-refractivity contribution is -0.121. The van der Waals surface area contributed by atoms with E-state index in [9.17, 15) is 4.79 Å². The molecular formula is C22H26N4O. The molecular weight excluding hydrogens is 336 g/mol. The molecule has 1 N–H and O–H groups in total. The molecule has 1 unspecified atom stereocenters. The topological polar surface area (TPSA) is 59.8 Å². The van der Waals surface area contributed by atoms with Crippen molar-refractivity contribution in [1.29, 1.82) is 0 Å². The lowest BCUT2D eigenvalue weighted by Crippen LogP contribution is -2.28. The molecule has 0 radical (unpaired) electrons. The molecule has 0 saturated heterocycles. The summed E-state index contributed by atoms with van der Waals surface area (Å²) in [5.41, 5.74) is 4.38. The van der Waals surface area contributed by atoms with Crippen LogP contribution >= 0.6 is 0 Å². The molecule has 5 heteroatoms. The first-order chi connectivity index (χ1) is 13.2. The van der Waals surface area contributed by atoms with E-state index >= 15 is 0 Å². The number of carbonyl (C=O) groups excluding carboxylic acids is 1. The van der Waals surface area contributed by atoms with Crippen molar-refractivity contribution in [3.05, 3.63) is 77.9 Å². The standard InChI is InChI=1S/C22H26N4O/c1-3-4-5-18-6-8-19(9-7-18)14-22(27)25-17(2)20-10-12-21(13-11-20)26-16-23-15-24-26/h6-13,15-17H,3-5,14H2,1-2H3,(H,25,27). The number of unbranched alkanes of at least 4 members (excludes halogenated alkanes) is 1. The first kappa shape index (κ1) is 18.8. The summed E-state index contributed by atoms with van der Waals surface area (Å²) in [7, 11) is 0. The Bertz CT molecular complexity index is 839. The largest absolute Gasteiger partial charge is 0.349 e. The van der Waals surface area contributed by atoms with Crippen molar-refractivity contribution < 1.29 is 4.79 Å². The van der Waals surface area contributed by atoms with Crippen molar-refractivity contribution in [2.75, 3.05) is 0 Å². The van der Waals surface area contributed by atoms with Gasteiger partial charge in [-0.2, -0.15) is 5.10 Å². The van der Waals surface area contributed by atoms with Gasteiger partial charge in [0.25, 0.3) is 0 Å². The fourth-order valence-corrected chi connectivity index (χ4v) is 3.02. The van der Waals surface area contributed by atoms with E-state index < -0.39 is 0 Å². The normalized spacial score (nSPS) is 11.9. The zero-order valence-corrected chi connectivity index (χ0v) is 15.9. The highest BCUT2D eigenvalue weighted by atomic mass is 16.1. The van der Waals surface area contributed by atoms with Gasteiger partial charge in [0.05, 0.1) is 18.2 Å². The molecule has 0 aliphatic rings. The summed E-state index contributed by atoms with van der Waals surface area (Å²) < 4.78 is 1.71. The quantitative estimate of drug-likeness (QED) is 0.658. The second kappa shape index (κ2) is 9.12. The van der Waals surface area contributed by atoms with Crippen LogP contribution < -0.4 is 5.32 Å². The van der Waals surface area contributed by atoms with E-state index in [1.54, 1.807) is 11.0 Å². The van der Waals surface area contributed by atoms with Gasteiger partial charge in [0.15, 0.2) is 0 Å². The van der Waals surface area contributed by atoms with Gasteiger partial charge in [0, 0.05) is 0 Å². The molecule has 0 saturated carbocycles. The fraction of sp³-hybridized carbons (Fsp3) is 0.318. The van der Waals surface area contributed by atoms with Gasteiger partial charge in [-0.25, -0.2) is 9.67 Å². The predicted molar refractivity (Wildman–Crippen MR) is 107 cm³/mol. The van der Waals surface area contributed by atoms with Crippen molar-refractivity contribution in [2.24, 2.45) is 0 Å². The molecule has 1 heterocycles. The molecule has 2 aromatic carbocycles. The molecule has 1 amide bonds. The van der Waals surface area contributed by atoms with E-state index in [0.29, 0.717) is 6.42 Å². The van der Waals surface area contributed by atoms with Crippen LogP contribution in [0.3, 0.4) is 0 Å². The maximum absolute atomic E-state index is 12.4. The van der Waals surface area contributed by atoms with E-state index in [1.807, 2.05) is 31.2 Å². The molecule has 1 aromatic heterocycles. The van der Waals surface area contributed by atoms with E-state index in [4.69, 9.17) is 0 Å². The maximum Gasteiger partial charge on any atom is 0.224 e. The van der Waals surface area contributed by atoms with Gasteiger partial charge in [-0.1, -0.05) is 49.7 Å². The average Bonchev–Trinajstić information content (AvgIpc) is 3.22. The van der Waals surface area contributed by atoms with Crippen LogP contribution in [0.4, 0.5) is 0 Å². The molecule has 0 aliphatic heterocycles. The van der Waals surface area contributed by atoms with Gasteiger partial charge < -0.3 is 5.32 Å². The van der Waals surface area contributed by atoms with Crippen LogP contribution in [-0.4, -0.2) is 20.7 Å². The summed E-state index contributed by atoms with van der Waals surface area (Å²) >= 11 is 0. The molecule has 3 aromatic rings. The maximum atomic E-state index is 12.4. The zero-order chi connectivity index (χ0) is 19.1. The van der Waals surface area contributed by atoms with Crippen LogP contribution in [0.15, 0.2) is 61.2 Å². The minimum Gasteiger partial charge on any atom is -0.349 e. The zero-order valence-electron chi connectivity index (χ0n) is 15.9. The Labute approximate surface area is 160 Å². The Balaban J connectivity index is 1.54. The Hall–Kier alpha value is -2.95. The first-order valence-electron chi connectivity index (χ1n) is 9.48. The molecule has 0 spiro atoms. The molecule has 1 atom stereocenters. The summed E-state index contributed by atoms with van der Waals surface area (Å²) in [6.45, 7) is 4.19. The SMILES string of the molecule is CCCCc1ccc(CC(=O)NC(C)c2ccc(-n3cncn3)cc2)cc1. The minimum atomic E-state index is -0.0499. The van der Waals surface area contributed by atoms with Gasteiger partial charge in [-0.05, 0) is 48.6 Å². The van der Waals surface area contributed by atoms with Crippen molar-refractivity contribution >= 4 is 5.91 Å². The Morgan fingerprint density at radius 2 is 1.78 bits per heavy atom. The number of rotatable bonds is 8. The third kappa shape index (κ3) is 5.26. The van der Waals surface area contributed by atoms with Gasteiger partial charge >= 0.3 is 0 Å². The molecule has 0 fully saturated rings. The highest BCUT2D eigenvalue weighted by Crippen LogP contribution is 2.16. The Morgan fingerprint density at radius 1 is 1.07 bits per heavy atom. The van der Waals surface area contributed by atoms with Crippen LogP contribution in [0.1, 0.15) is 49.4 Å². The lowest BCUT2D eigenvalue weighted by atomic mass is 10.0. The number of benzene rings is 2. The van der Waals surface area contributed by atoms with E-state index in [-0.39, 0.29) is 11.9 Å². The van der Waals surface area contributed by atoms with Gasteiger partial charge in [0.1, 0.15) is 12.7 Å². The third-order valence-corrected chi connectivity index (χ3v) is 4.66. The van der Waals surface area contributed by atoms with E-state index in [2.05, 4.69) is 46.6 Å². The van der Waals surface area contributed by atoms with Crippen LogP contribution in [0, 0.1) is 0 Å². The summed E-state index contributed by atoms with van der Waals surface area (Å²) in [5, 5.41) is 7.19. The van der Waals surface area contributed by atoms with Crippen LogP contribution in [-0.2, 0) is 17.6 Å². The van der Waals surface area contributed by atoms with Crippen molar-refractivity contribution in [3.8, 4) is 5.69 Å². The van der Waals surface area contributed by atoms with Crippen LogP contribution in [0.2, 0.25) is 0 Å². The average molecular weight is 362 g/mol. The summed E-state index contributed by atoms with van der Waals surface area (Å²) in [5.74, 6) is 0.0316. The van der Waals surface area contributed by atoms with Gasteiger partial charge in [-0.3, -0.25) is 4.79 Å². The second-order valence-corrected chi connectivity index (χ2v) is 6.82. The number of amides is 1. The number of carbonyl (C=O) groups is 1. The van der Waals surface area contributed by atoms with Crippen molar-refractivity contribution in [3.63, 3.8) is 0 Å². The molecule has 27 heavy (non-hydrogen) atoms. The van der Waals surface area contributed by atoms with Gasteiger partial charge in [-0.15, -0.1) is 0 Å². The second-order valence-electron chi connectivity index (χ2n) is 6.82. The number of aryl methyl sites for hydroxylation is 1. The highest BCUT2D eigenvalue weighted by molar-refractivity contribution is 5.79. The molecule has 0 bridgehead atoms. The van der Waals surface area contributed by atoms with Crippen molar-refractivity contribution in [2.45, 2.75) is 45.6 Å². The summed E-state index contributed by atoms with van der Waals surface area (Å²) in [6, 6.07) is 16.3. The van der Waals surface area contributed by atoms with Gasteiger partial charge in [0.2, 0.25) is 5.91 Å². The lowest BCUT2D eigenvalue weighted by Gasteiger charge is -2.15. The number of hydrogen-bond donors (Lipinski definition) is 1. The van der Waals surface area contributed by atoms with E-state index in [0.717, 1.165) is 23.2 Å².